The summed E-state index contributed by atoms with van der Waals surface area (Å²) in [5, 5.41) is 18.5. The van der Waals surface area contributed by atoms with Crippen LogP contribution in [0.5, 0.6) is 0 Å². The predicted octanol–water partition coefficient (Wildman–Crippen LogP) is 1.64. The molecule has 1 amide bonds. The van der Waals surface area contributed by atoms with Crippen molar-refractivity contribution in [3.05, 3.63) is 0 Å². The van der Waals surface area contributed by atoms with E-state index in [1.165, 1.54) is 4.90 Å². The molecule has 0 bridgehead atoms. The molecule has 0 radical (unpaired) electrons. The summed E-state index contributed by atoms with van der Waals surface area (Å²) in [7, 11) is 0. The van der Waals surface area contributed by atoms with E-state index in [9.17, 15) is 9.90 Å². The van der Waals surface area contributed by atoms with Crippen LogP contribution in [0.3, 0.4) is 0 Å². The van der Waals surface area contributed by atoms with Crippen molar-refractivity contribution in [2.45, 2.75) is 33.7 Å². The maximum atomic E-state index is 11.1. The van der Waals surface area contributed by atoms with Gasteiger partial charge in [0.05, 0.1) is 0 Å². The maximum absolute atomic E-state index is 11.1. The molecule has 15 heavy (non-hydrogen) atoms. The summed E-state index contributed by atoms with van der Waals surface area (Å²) in [6.45, 7) is 8.66. The monoisotopic (exact) mass is 215 g/mol. The molecule has 0 aliphatic carbocycles. The zero-order chi connectivity index (χ0) is 11.8. The summed E-state index contributed by atoms with van der Waals surface area (Å²) < 4.78 is 0. The average Bonchev–Trinajstić information content (AvgIpc) is 2.41. The molecule has 0 spiro atoms. The van der Waals surface area contributed by atoms with Crippen molar-refractivity contribution in [3.8, 4) is 0 Å². The standard InChI is InChI=1S/C11H21NO3/c1-7-5-12(10(14)15)9(8(7)6-13)11(2,3)4/h7-9,13H,5-6H2,1-4H3,(H,14,15). The third kappa shape index (κ3) is 2.25. The lowest BCUT2D eigenvalue weighted by molar-refractivity contribution is 0.0723. The highest BCUT2D eigenvalue weighted by Gasteiger charge is 2.47. The van der Waals surface area contributed by atoms with E-state index in [0.29, 0.717) is 6.54 Å². The molecule has 1 saturated heterocycles. The summed E-state index contributed by atoms with van der Waals surface area (Å²) >= 11 is 0. The van der Waals surface area contributed by atoms with E-state index in [2.05, 4.69) is 0 Å². The van der Waals surface area contributed by atoms with E-state index in [1.54, 1.807) is 0 Å². The number of carbonyl (C=O) groups is 1. The van der Waals surface area contributed by atoms with Gasteiger partial charge in [-0.15, -0.1) is 0 Å². The van der Waals surface area contributed by atoms with E-state index in [4.69, 9.17) is 5.11 Å². The predicted molar refractivity (Wildman–Crippen MR) is 57.7 cm³/mol. The first-order valence-electron chi connectivity index (χ1n) is 5.39. The lowest BCUT2D eigenvalue weighted by Crippen LogP contribution is -2.46. The van der Waals surface area contributed by atoms with E-state index in [-0.39, 0.29) is 29.9 Å². The Balaban J connectivity index is 2.97. The minimum absolute atomic E-state index is 0.0566. The summed E-state index contributed by atoms with van der Waals surface area (Å²) in [4.78, 5) is 12.6. The Labute approximate surface area is 90.9 Å². The summed E-state index contributed by atoms with van der Waals surface area (Å²) in [5.74, 6) is 0.288. The van der Waals surface area contributed by atoms with Crippen LogP contribution in [0.2, 0.25) is 0 Å². The SMILES string of the molecule is CC1CN(C(=O)O)C(C(C)(C)C)C1CO. The number of amides is 1. The number of aliphatic hydroxyl groups is 1. The molecule has 0 aromatic rings. The fourth-order valence-electron chi connectivity index (χ4n) is 2.69. The molecule has 1 heterocycles. The third-order valence-corrected chi connectivity index (χ3v) is 3.30. The van der Waals surface area contributed by atoms with Crippen LogP contribution in [0.25, 0.3) is 0 Å². The van der Waals surface area contributed by atoms with Crippen molar-refractivity contribution in [1.82, 2.24) is 4.90 Å². The van der Waals surface area contributed by atoms with Crippen molar-refractivity contribution in [3.63, 3.8) is 0 Å². The Hall–Kier alpha value is -0.770. The molecule has 4 nitrogen and oxygen atoms in total. The van der Waals surface area contributed by atoms with Gasteiger partial charge in [-0.3, -0.25) is 0 Å². The van der Waals surface area contributed by atoms with Crippen molar-refractivity contribution in [2.24, 2.45) is 17.3 Å². The molecule has 4 heteroatoms. The fourth-order valence-corrected chi connectivity index (χ4v) is 2.69. The van der Waals surface area contributed by atoms with Gasteiger partial charge >= 0.3 is 6.09 Å². The van der Waals surface area contributed by atoms with Gasteiger partial charge < -0.3 is 15.1 Å². The van der Waals surface area contributed by atoms with Gasteiger partial charge in [0.2, 0.25) is 0 Å². The molecule has 0 aromatic carbocycles. The first-order valence-corrected chi connectivity index (χ1v) is 5.39. The molecule has 1 rings (SSSR count). The lowest BCUT2D eigenvalue weighted by Gasteiger charge is -2.36. The van der Waals surface area contributed by atoms with Gasteiger partial charge in [-0.1, -0.05) is 27.7 Å². The quantitative estimate of drug-likeness (QED) is 0.699. The van der Waals surface area contributed by atoms with Crippen LogP contribution in [0.1, 0.15) is 27.7 Å². The lowest BCUT2D eigenvalue weighted by atomic mass is 9.77. The molecule has 88 valence electrons. The van der Waals surface area contributed by atoms with Gasteiger partial charge in [0.15, 0.2) is 0 Å². The zero-order valence-corrected chi connectivity index (χ0v) is 9.90. The van der Waals surface area contributed by atoms with Gasteiger partial charge in [-0.2, -0.15) is 0 Å². The molecule has 0 aromatic heterocycles. The summed E-state index contributed by atoms with van der Waals surface area (Å²) in [6.07, 6.45) is -0.877. The average molecular weight is 215 g/mol. The number of hydrogen-bond acceptors (Lipinski definition) is 2. The second-order valence-electron chi connectivity index (χ2n) is 5.57. The van der Waals surface area contributed by atoms with Crippen LogP contribution < -0.4 is 0 Å². The van der Waals surface area contributed by atoms with Crippen molar-refractivity contribution in [1.29, 1.82) is 0 Å². The molecular weight excluding hydrogens is 194 g/mol. The Morgan fingerprint density at radius 1 is 1.47 bits per heavy atom. The number of nitrogens with zero attached hydrogens (tertiary/aromatic N) is 1. The van der Waals surface area contributed by atoms with E-state index < -0.39 is 6.09 Å². The number of carboxylic acid groups (broad SMARTS) is 1. The highest BCUT2D eigenvalue weighted by atomic mass is 16.4. The topological polar surface area (TPSA) is 60.8 Å². The second-order valence-corrected chi connectivity index (χ2v) is 5.57. The number of rotatable bonds is 1. The Bertz CT molecular complexity index is 247. The first-order chi connectivity index (χ1) is 6.79. The largest absolute Gasteiger partial charge is 0.465 e. The molecule has 2 N–H and O–H groups in total. The van der Waals surface area contributed by atoms with E-state index >= 15 is 0 Å². The van der Waals surface area contributed by atoms with Crippen LogP contribution in [-0.2, 0) is 0 Å². The molecule has 1 fully saturated rings. The van der Waals surface area contributed by atoms with Crippen molar-refractivity contribution >= 4 is 6.09 Å². The minimum Gasteiger partial charge on any atom is -0.465 e. The highest BCUT2D eigenvalue weighted by Crippen LogP contribution is 2.39. The molecule has 3 atom stereocenters. The number of likely N-dealkylation sites (tertiary alicyclic amines) is 1. The minimum atomic E-state index is -0.877. The Morgan fingerprint density at radius 3 is 2.33 bits per heavy atom. The van der Waals surface area contributed by atoms with Gasteiger partial charge in [0.25, 0.3) is 0 Å². The Kier molecular flexibility index (Phi) is 3.28. The summed E-state index contributed by atoms with van der Waals surface area (Å²) in [5.41, 5.74) is -0.128. The molecular formula is C11H21NO3. The van der Waals surface area contributed by atoms with Gasteiger partial charge in [0, 0.05) is 25.1 Å². The maximum Gasteiger partial charge on any atom is 0.407 e. The number of aliphatic hydroxyl groups excluding tert-OH is 1. The first kappa shape index (κ1) is 12.3. The third-order valence-electron chi connectivity index (χ3n) is 3.30. The van der Waals surface area contributed by atoms with E-state index in [1.807, 2.05) is 27.7 Å². The number of hydrogen-bond donors (Lipinski definition) is 2. The highest BCUT2D eigenvalue weighted by molar-refractivity contribution is 5.66. The molecule has 1 aliphatic rings. The van der Waals surface area contributed by atoms with Crippen LogP contribution in [0, 0.1) is 17.3 Å². The smallest absolute Gasteiger partial charge is 0.407 e. The normalized spacial score (nSPS) is 32.1. The van der Waals surface area contributed by atoms with Gasteiger partial charge in [-0.25, -0.2) is 4.79 Å². The summed E-state index contributed by atoms with van der Waals surface area (Å²) in [6, 6.07) is -0.0880. The van der Waals surface area contributed by atoms with Crippen LogP contribution >= 0.6 is 0 Å². The second kappa shape index (κ2) is 4.00. The van der Waals surface area contributed by atoms with E-state index in [0.717, 1.165) is 0 Å². The fraction of sp³-hybridized carbons (Fsp3) is 0.909. The van der Waals surface area contributed by atoms with Gasteiger partial charge in [-0.05, 0) is 11.3 Å². The van der Waals surface area contributed by atoms with Crippen molar-refractivity contribution in [2.75, 3.05) is 13.2 Å². The van der Waals surface area contributed by atoms with Crippen LogP contribution in [0.4, 0.5) is 4.79 Å². The van der Waals surface area contributed by atoms with Gasteiger partial charge in [0.1, 0.15) is 0 Å². The molecule has 1 aliphatic heterocycles. The molecule has 3 unspecified atom stereocenters. The van der Waals surface area contributed by atoms with Crippen LogP contribution in [0.15, 0.2) is 0 Å². The Morgan fingerprint density at radius 2 is 2.00 bits per heavy atom. The van der Waals surface area contributed by atoms with Crippen molar-refractivity contribution < 1.29 is 15.0 Å². The zero-order valence-electron chi connectivity index (χ0n) is 9.90. The van der Waals surface area contributed by atoms with Crippen LogP contribution in [-0.4, -0.2) is 40.4 Å². The molecule has 0 saturated carbocycles.